The highest BCUT2D eigenvalue weighted by Gasteiger charge is 2.19. The molecule has 0 saturated carbocycles. The fraction of sp³-hybridized carbons (Fsp3) is 0.583. The van der Waals surface area contributed by atoms with E-state index in [1.54, 1.807) is 11.3 Å². The number of carbonyl (C=O) groups excluding carboxylic acids is 1. The van der Waals surface area contributed by atoms with Gasteiger partial charge in [0.15, 0.2) is 0 Å². The summed E-state index contributed by atoms with van der Waals surface area (Å²) >= 11 is 1.67. The number of nitrogens with zero attached hydrogens (tertiary/aromatic N) is 1. The number of hydrogen-bond donors (Lipinski definition) is 2. The van der Waals surface area contributed by atoms with Crippen LogP contribution < -0.4 is 10.6 Å². The van der Waals surface area contributed by atoms with Crippen molar-refractivity contribution in [1.29, 1.82) is 0 Å². The van der Waals surface area contributed by atoms with Crippen LogP contribution in [0.25, 0.3) is 0 Å². The van der Waals surface area contributed by atoms with Crippen LogP contribution in [-0.4, -0.2) is 43.0 Å². The summed E-state index contributed by atoms with van der Waals surface area (Å²) in [5, 5.41) is 8.31. The molecule has 2 rings (SSSR count). The highest BCUT2D eigenvalue weighted by Crippen LogP contribution is 2.07. The van der Waals surface area contributed by atoms with Gasteiger partial charge in [-0.25, -0.2) is 0 Å². The molecule has 0 radical (unpaired) electrons. The lowest BCUT2D eigenvalue weighted by molar-refractivity contribution is -0.123. The van der Waals surface area contributed by atoms with Gasteiger partial charge in [0.25, 0.3) is 0 Å². The first-order valence-electron chi connectivity index (χ1n) is 5.99. The maximum atomic E-state index is 11.8. The largest absolute Gasteiger partial charge is 0.350 e. The van der Waals surface area contributed by atoms with Crippen molar-refractivity contribution in [2.75, 3.05) is 26.2 Å². The molecule has 1 saturated heterocycles. The molecule has 1 aromatic heterocycles. The highest BCUT2D eigenvalue weighted by molar-refractivity contribution is 7.09. The molecule has 0 bridgehead atoms. The number of thiophene rings is 1. The maximum absolute atomic E-state index is 11.8. The zero-order valence-electron chi connectivity index (χ0n) is 10.1. The third-order valence-corrected chi connectivity index (χ3v) is 3.90. The molecule has 1 amide bonds. The van der Waals surface area contributed by atoms with Crippen LogP contribution in [0.1, 0.15) is 11.8 Å². The predicted octanol–water partition coefficient (Wildman–Crippen LogP) is 0.658. The van der Waals surface area contributed by atoms with Crippen LogP contribution in [0.15, 0.2) is 17.5 Å². The highest BCUT2D eigenvalue weighted by atomic mass is 32.1. The second kappa shape index (κ2) is 6.14. The van der Waals surface area contributed by atoms with Crippen LogP contribution in [0.3, 0.4) is 0 Å². The minimum Gasteiger partial charge on any atom is -0.350 e. The van der Waals surface area contributed by atoms with E-state index in [1.165, 1.54) is 4.88 Å². The Bertz CT molecular complexity index is 353. The van der Waals surface area contributed by atoms with E-state index < -0.39 is 0 Å². The van der Waals surface area contributed by atoms with Gasteiger partial charge in [-0.1, -0.05) is 6.07 Å². The molecule has 5 heteroatoms. The molecule has 4 nitrogen and oxygen atoms in total. The van der Waals surface area contributed by atoms with Crippen molar-refractivity contribution in [3.63, 3.8) is 0 Å². The van der Waals surface area contributed by atoms with Gasteiger partial charge in [0.1, 0.15) is 0 Å². The van der Waals surface area contributed by atoms with Crippen molar-refractivity contribution < 1.29 is 4.79 Å². The summed E-state index contributed by atoms with van der Waals surface area (Å²) in [6, 6.07) is 4.49. The van der Waals surface area contributed by atoms with Crippen molar-refractivity contribution in [3.05, 3.63) is 22.4 Å². The molecule has 1 aliphatic rings. The van der Waals surface area contributed by atoms with Crippen LogP contribution in [0, 0.1) is 0 Å². The van der Waals surface area contributed by atoms with E-state index in [4.69, 9.17) is 0 Å². The molecule has 1 atom stereocenters. The van der Waals surface area contributed by atoms with Gasteiger partial charge >= 0.3 is 0 Å². The van der Waals surface area contributed by atoms with Crippen LogP contribution in [0.4, 0.5) is 0 Å². The number of carbonyl (C=O) groups is 1. The third-order valence-electron chi connectivity index (χ3n) is 3.03. The molecule has 1 aliphatic heterocycles. The van der Waals surface area contributed by atoms with Crippen molar-refractivity contribution >= 4 is 17.2 Å². The lowest BCUT2D eigenvalue weighted by Gasteiger charge is -2.33. The average molecular weight is 253 g/mol. The van der Waals surface area contributed by atoms with Gasteiger partial charge in [0.2, 0.25) is 5.91 Å². The molecule has 0 aliphatic carbocycles. The topological polar surface area (TPSA) is 44.4 Å². The van der Waals surface area contributed by atoms with Gasteiger partial charge in [-0.2, -0.15) is 0 Å². The average Bonchev–Trinajstić information content (AvgIpc) is 2.82. The second-order valence-electron chi connectivity index (χ2n) is 4.38. The smallest absolute Gasteiger partial charge is 0.234 e. The van der Waals surface area contributed by atoms with Gasteiger partial charge in [0, 0.05) is 30.6 Å². The van der Waals surface area contributed by atoms with Crippen LogP contribution >= 0.6 is 11.3 Å². The molecule has 17 heavy (non-hydrogen) atoms. The van der Waals surface area contributed by atoms with E-state index in [1.807, 2.05) is 17.5 Å². The molecule has 1 fully saturated rings. The summed E-state index contributed by atoms with van der Waals surface area (Å²) in [5.74, 6) is 0.118. The Morgan fingerprint density at radius 3 is 3.29 bits per heavy atom. The summed E-state index contributed by atoms with van der Waals surface area (Å²) in [6.45, 7) is 6.21. The summed E-state index contributed by atoms with van der Waals surface area (Å²) in [6.07, 6.45) is 0. The van der Waals surface area contributed by atoms with E-state index in [-0.39, 0.29) is 5.91 Å². The van der Waals surface area contributed by atoms with Gasteiger partial charge in [-0.15, -0.1) is 11.3 Å². The third kappa shape index (κ3) is 3.80. The summed E-state index contributed by atoms with van der Waals surface area (Å²) in [4.78, 5) is 15.2. The molecule has 0 unspecified atom stereocenters. The SMILES string of the molecule is C[C@H]1CNCCN1CC(=O)NCc1cccs1. The normalized spacial score (nSPS) is 21.4. The maximum Gasteiger partial charge on any atom is 0.234 e. The van der Waals surface area contributed by atoms with Gasteiger partial charge in [0.05, 0.1) is 13.1 Å². The number of piperazine rings is 1. The second-order valence-corrected chi connectivity index (χ2v) is 5.41. The fourth-order valence-corrected chi connectivity index (χ4v) is 2.60. The van der Waals surface area contributed by atoms with E-state index in [2.05, 4.69) is 22.5 Å². The number of nitrogens with one attached hydrogen (secondary N) is 2. The molecule has 2 heterocycles. The monoisotopic (exact) mass is 253 g/mol. The van der Waals surface area contributed by atoms with Crippen molar-refractivity contribution in [1.82, 2.24) is 15.5 Å². The van der Waals surface area contributed by atoms with E-state index in [9.17, 15) is 4.79 Å². The molecular formula is C12H19N3OS. The molecule has 0 spiro atoms. The zero-order chi connectivity index (χ0) is 12.1. The van der Waals surface area contributed by atoms with E-state index in [0.29, 0.717) is 19.1 Å². The quantitative estimate of drug-likeness (QED) is 0.828. The molecule has 1 aromatic rings. The van der Waals surface area contributed by atoms with Crippen LogP contribution in [-0.2, 0) is 11.3 Å². The van der Waals surface area contributed by atoms with Gasteiger partial charge in [-0.05, 0) is 18.4 Å². The molecule has 2 N–H and O–H groups in total. The lowest BCUT2D eigenvalue weighted by atomic mass is 10.2. The van der Waals surface area contributed by atoms with Crippen molar-refractivity contribution in [2.45, 2.75) is 19.5 Å². The van der Waals surface area contributed by atoms with Crippen molar-refractivity contribution in [3.8, 4) is 0 Å². The van der Waals surface area contributed by atoms with Crippen LogP contribution in [0.2, 0.25) is 0 Å². The predicted molar refractivity (Wildman–Crippen MR) is 70.1 cm³/mol. The summed E-state index contributed by atoms with van der Waals surface area (Å²) in [5.41, 5.74) is 0. The Labute approximate surface area is 106 Å². The Morgan fingerprint density at radius 2 is 2.59 bits per heavy atom. The summed E-state index contributed by atoms with van der Waals surface area (Å²) in [7, 11) is 0. The van der Waals surface area contributed by atoms with Gasteiger partial charge < -0.3 is 10.6 Å². The Kier molecular flexibility index (Phi) is 4.53. The summed E-state index contributed by atoms with van der Waals surface area (Å²) < 4.78 is 0. The molecule has 94 valence electrons. The number of rotatable bonds is 4. The van der Waals surface area contributed by atoms with E-state index >= 15 is 0 Å². The van der Waals surface area contributed by atoms with E-state index in [0.717, 1.165) is 19.6 Å². The van der Waals surface area contributed by atoms with Gasteiger partial charge in [-0.3, -0.25) is 9.69 Å². The Morgan fingerprint density at radius 1 is 1.71 bits per heavy atom. The van der Waals surface area contributed by atoms with Crippen LogP contribution in [0.5, 0.6) is 0 Å². The molecule has 0 aromatic carbocycles. The Balaban J connectivity index is 1.73. The number of amides is 1. The molecular weight excluding hydrogens is 234 g/mol. The standard InChI is InChI=1S/C12H19N3OS/c1-10-7-13-4-5-15(10)9-12(16)14-8-11-3-2-6-17-11/h2-3,6,10,13H,4-5,7-9H2,1H3,(H,14,16)/t10-/m0/s1. The fourth-order valence-electron chi connectivity index (χ4n) is 1.96. The Hall–Kier alpha value is -0.910. The minimum atomic E-state index is 0.118. The first-order chi connectivity index (χ1) is 8.25. The lowest BCUT2D eigenvalue weighted by Crippen LogP contribution is -2.52. The zero-order valence-corrected chi connectivity index (χ0v) is 10.9. The van der Waals surface area contributed by atoms with Crippen molar-refractivity contribution in [2.24, 2.45) is 0 Å². The first kappa shape index (κ1) is 12.5. The number of hydrogen-bond acceptors (Lipinski definition) is 4. The minimum absolute atomic E-state index is 0.118. The first-order valence-corrected chi connectivity index (χ1v) is 6.87.